The normalized spacial score (nSPS) is 13.7. The molecule has 0 amide bonds. The molecule has 88 heavy (non-hydrogen) atoms. The first-order chi connectivity index (χ1) is 43.6. The van der Waals surface area contributed by atoms with Gasteiger partial charge in [-0.2, -0.15) is 0 Å². The lowest BCUT2D eigenvalue weighted by Gasteiger charge is -2.39. The van der Waals surface area contributed by atoms with E-state index in [4.69, 9.17) is 19.7 Å². The standard InChI is InChI=1S/C82H51N2O2PS/c1-3-22-60(23-4-1)87(61-24-5-2-6-25-61)62-26-18-20-55(48-62)58-43-46-74-78(51-58)86-77-49-56(41-44-73(77)82(74)69-33-13-9-29-65(69)66-30-10-14-34-70(66)82)52-37-39-53(40-38-52)79-83-84-80(88-79)59-21-17-19-54(47-59)57-42-45-72-76(50-57)85-75-36-16-15-35-71(75)81(72)67-31-11-7-27-63(67)64-28-8-12-32-68(64)81/h1-51H. The van der Waals surface area contributed by atoms with E-state index >= 15 is 0 Å². The third-order valence-corrected chi connectivity index (χ3v) is 22.0. The molecule has 4 nitrogen and oxygen atoms in total. The van der Waals surface area contributed by atoms with E-state index < -0.39 is 18.8 Å². The summed E-state index contributed by atoms with van der Waals surface area (Å²) in [7, 11) is -0.785. The summed E-state index contributed by atoms with van der Waals surface area (Å²) in [4.78, 5) is 0. The maximum Gasteiger partial charge on any atom is 0.148 e. The Kier molecular flexibility index (Phi) is 11.5. The monoisotopic (exact) mass is 1160 g/mol. The summed E-state index contributed by atoms with van der Waals surface area (Å²) >= 11 is 1.60. The van der Waals surface area contributed by atoms with Crippen LogP contribution < -0.4 is 25.4 Å². The number of aromatic nitrogens is 2. The fourth-order valence-electron chi connectivity index (χ4n) is 14.8. The Labute approximate surface area is 516 Å². The van der Waals surface area contributed by atoms with Crippen LogP contribution in [0.15, 0.2) is 309 Å². The average Bonchev–Trinajstić information content (AvgIpc) is 1.52. The maximum atomic E-state index is 7.27. The van der Waals surface area contributed by atoms with Gasteiger partial charge < -0.3 is 9.47 Å². The maximum absolute atomic E-state index is 7.27. The van der Waals surface area contributed by atoms with E-state index in [1.807, 2.05) is 0 Å². The number of hydrogen-bond donors (Lipinski definition) is 0. The first-order valence-electron chi connectivity index (χ1n) is 29.9. The van der Waals surface area contributed by atoms with Crippen molar-refractivity contribution in [3.05, 3.63) is 354 Å². The predicted octanol–water partition coefficient (Wildman–Crippen LogP) is 19.6. The van der Waals surface area contributed by atoms with E-state index in [1.165, 1.54) is 60.4 Å². The van der Waals surface area contributed by atoms with Crippen molar-refractivity contribution in [2.45, 2.75) is 10.8 Å². The van der Waals surface area contributed by atoms with Crippen molar-refractivity contribution in [2.75, 3.05) is 0 Å². The van der Waals surface area contributed by atoms with Crippen LogP contribution in [0.1, 0.15) is 44.5 Å². The molecule has 0 radical (unpaired) electrons. The Balaban J connectivity index is 0.667. The molecular formula is C82H51N2O2PS. The van der Waals surface area contributed by atoms with Gasteiger partial charge in [-0.05, 0) is 138 Å². The van der Waals surface area contributed by atoms with Gasteiger partial charge >= 0.3 is 0 Å². The Morgan fingerprint density at radius 1 is 0.239 bits per heavy atom. The van der Waals surface area contributed by atoms with Gasteiger partial charge in [-0.15, -0.1) is 10.2 Å². The van der Waals surface area contributed by atoms with Crippen molar-refractivity contribution in [1.29, 1.82) is 0 Å². The highest BCUT2D eigenvalue weighted by Crippen LogP contribution is 2.64. The van der Waals surface area contributed by atoms with Crippen molar-refractivity contribution < 1.29 is 9.47 Å². The van der Waals surface area contributed by atoms with E-state index in [0.29, 0.717) is 0 Å². The Bertz CT molecular complexity index is 5000. The molecule has 0 saturated heterocycles. The van der Waals surface area contributed by atoms with E-state index in [2.05, 4.69) is 309 Å². The SMILES string of the molecule is c1ccc(P(c2ccccc2)c2cccc(-c3ccc4c(c3)Oc3cc(-c5ccc(-c6nnc(-c7cccc(-c8ccc9c(c8)Oc8ccccc8C98c9ccccc9-c9ccccc98)c7)s6)cc5)ccc3C43c4ccccc4-c4ccccc43)c2)cc1. The van der Waals surface area contributed by atoms with Crippen LogP contribution in [0, 0.1) is 0 Å². The van der Waals surface area contributed by atoms with Gasteiger partial charge in [-0.3, -0.25) is 0 Å². The van der Waals surface area contributed by atoms with Crippen LogP contribution in [0.5, 0.6) is 23.0 Å². The highest BCUT2D eigenvalue weighted by molar-refractivity contribution is 7.79. The lowest BCUT2D eigenvalue weighted by atomic mass is 9.65. The van der Waals surface area contributed by atoms with Crippen molar-refractivity contribution in [3.8, 4) is 99.8 Å². The van der Waals surface area contributed by atoms with Gasteiger partial charge in [0, 0.05) is 33.4 Å². The molecule has 0 bridgehead atoms. The topological polar surface area (TPSA) is 44.2 Å². The lowest BCUT2D eigenvalue weighted by molar-refractivity contribution is 0.436. The van der Waals surface area contributed by atoms with Crippen LogP contribution in [0.4, 0.5) is 0 Å². The highest BCUT2D eigenvalue weighted by atomic mass is 32.1. The van der Waals surface area contributed by atoms with Gasteiger partial charge in [-0.25, -0.2) is 0 Å². The number of fused-ring (bicyclic) bond motifs is 18. The third-order valence-electron chi connectivity index (χ3n) is 18.6. The Hall–Kier alpha value is -10.6. The molecule has 412 valence electrons. The van der Waals surface area contributed by atoms with Crippen molar-refractivity contribution in [1.82, 2.24) is 10.2 Å². The second-order valence-electron chi connectivity index (χ2n) is 23.1. The van der Waals surface area contributed by atoms with E-state index in [0.717, 1.165) is 99.8 Å². The van der Waals surface area contributed by atoms with Crippen LogP contribution in [0.25, 0.3) is 76.8 Å². The lowest BCUT2D eigenvalue weighted by Crippen LogP contribution is -2.32. The molecule has 3 heterocycles. The van der Waals surface area contributed by atoms with E-state index in [1.54, 1.807) is 11.3 Å². The number of para-hydroxylation sites is 1. The van der Waals surface area contributed by atoms with Gasteiger partial charge in [0.05, 0.1) is 10.8 Å². The summed E-state index contributed by atoms with van der Waals surface area (Å²) in [5.41, 5.74) is 22.2. The molecule has 0 N–H and O–H groups in total. The van der Waals surface area contributed by atoms with Crippen molar-refractivity contribution >= 4 is 35.2 Å². The van der Waals surface area contributed by atoms with Crippen LogP contribution in [-0.2, 0) is 10.8 Å². The van der Waals surface area contributed by atoms with Crippen molar-refractivity contribution in [2.24, 2.45) is 0 Å². The molecule has 0 fully saturated rings. The summed E-state index contributed by atoms with van der Waals surface area (Å²) in [6, 6.07) is 113. The zero-order valence-electron chi connectivity index (χ0n) is 47.5. The quantitative estimate of drug-likeness (QED) is 0.142. The Morgan fingerprint density at radius 2 is 0.580 bits per heavy atom. The second kappa shape index (κ2) is 20.0. The number of nitrogens with zero attached hydrogens (tertiary/aromatic N) is 2. The van der Waals surface area contributed by atoms with Gasteiger partial charge in [-0.1, -0.05) is 284 Å². The number of hydrogen-bond acceptors (Lipinski definition) is 5. The van der Waals surface area contributed by atoms with Crippen LogP contribution in [0.3, 0.4) is 0 Å². The minimum atomic E-state index is -0.785. The molecule has 0 unspecified atom stereocenters. The summed E-state index contributed by atoms with van der Waals surface area (Å²) in [5, 5.41) is 15.2. The molecular weight excluding hydrogens is 1110 g/mol. The van der Waals surface area contributed by atoms with Gasteiger partial charge in [0.2, 0.25) is 0 Å². The largest absolute Gasteiger partial charge is 0.457 e. The molecule has 13 aromatic carbocycles. The summed E-state index contributed by atoms with van der Waals surface area (Å²) < 4.78 is 14.1. The number of benzene rings is 13. The molecule has 2 aliphatic heterocycles. The summed E-state index contributed by atoms with van der Waals surface area (Å²) in [5.74, 6) is 3.45. The smallest absolute Gasteiger partial charge is 0.148 e. The predicted molar refractivity (Wildman–Crippen MR) is 361 cm³/mol. The molecule has 0 saturated carbocycles. The van der Waals surface area contributed by atoms with Crippen LogP contribution >= 0.6 is 19.3 Å². The molecule has 18 rings (SSSR count). The highest BCUT2D eigenvalue weighted by Gasteiger charge is 2.52. The minimum absolute atomic E-state index is 0.501. The molecule has 1 aromatic heterocycles. The number of ether oxygens (including phenoxy) is 2. The Morgan fingerprint density at radius 3 is 1.09 bits per heavy atom. The van der Waals surface area contributed by atoms with Gasteiger partial charge in [0.25, 0.3) is 0 Å². The van der Waals surface area contributed by atoms with E-state index in [9.17, 15) is 0 Å². The fraction of sp³-hybridized carbons (Fsp3) is 0.0244. The summed E-state index contributed by atoms with van der Waals surface area (Å²) in [6.45, 7) is 0. The summed E-state index contributed by atoms with van der Waals surface area (Å²) in [6.07, 6.45) is 0. The minimum Gasteiger partial charge on any atom is -0.457 e. The van der Waals surface area contributed by atoms with Crippen LogP contribution in [0.2, 0.25) is 0 Å². The molecule has 2 spiro atoms. The second-order valence-corrected chi connectivity index (χ2v) is 26.3. The first kappa shape index (κ1) is 50.7. The first-order valence-corrected chi connectivity index (χ1v) is 32.1. The van der Waals surface area contributed by atoms with Crippen molar-refractivity contribution in [3.63, 3.8) is 0 Å². The van der Waals surface area contributed by atoms with E-state index in [-0.39, 0.29) is 0 Å². The molecule has 0 atom stereocenters. The zero-order valence-corrected chi connectivity index (χ0v) is 49.2. The molecule has 6 heteroatoms. The number of rotatable bonds is 8. The van der Waals surface area contributed by atoms with Crippen LogP contribution in [-0.4, -0.2) is 10.2 Å². The van der Waals surface area contributed by atoms with Gasteiger partial charge in [0.15, 0.2) is 0 Å². The molecule has 4 aliphatic rings. The van der Waals surface area contributed by atoms with Gasteiger partial charge in [0.1, 0.15) is 33.0 Å². The zero-order chi connectivity index (χ0) is 57.9. The molecule has 14 aromatic rings. The fourth-order valence-corrected chi connectivity index (χ4v) is 18.0. The molecule has 2 aliphatic carbocycles. The average molecular weight is 1160 g/mol. The third kappa shape index (κ3) is 7.61.